The maximum Gasteiger partial charge on any atom is 0.253 e. The Bertz CT molecular complexity index is 453. The normalized spacial score (nSPS) is 15.7. The van der Waals surface area contributed by atoms with Gasteiger partial charge < -0.3 is 9.88 Å². The van der Waals surface area contributed by atoms with Crippen molar-refractivity contribution in [3.8, 4) is 0 Å². The zero-order chi connectivity index (χ0) is 12.6. The minimum absolute atomic E-state index is 0.0139. The van der Waals surface area contributed by atoms with Gasteiger partial charge in [-0.25, -0.2) is 0 Å². The topological polar surface area (TPSA) is 34.0 Å². The standard InChI is InChI=1S/C14H20N2O/c1-5-16-9-8-12(10(16)2)13(17)15-14(3,4)11-6-7-11/h5,8-9,11H,1,6-7H2,2-4H3,(H,15,17). The maximum atomic E-state index is 12.2. The molecule has 0 atom stereocenters. The van der Waals surface area contributed by atoms with Crippen LogP contribution in [0.4, 0.5) is 0 Å². The molecule has 1 aliphatic carbocycles. The number of nitrogens with zero attached hydrogens (tertiary/aromatic N) is 1. The van der Waals surface area contributed by atoms with E-state index < -0.39 is 0 Å². The van der Waals surface area contributed by atoms with Crippen molar-refractivity contribution in [1.29, 1.82) is 0 Å². The van der Waals surface area contributed by atoms with Crippen LogP contribution in [0.2, 0.25) is 0 Å². The van der Waals surface area contributed by atoms with E-state index in [9.17, 15) is 4.79 Å². The lowest BCUT2D eigenvalue weighted by Gasteiger charge is -2.26. The van der Waals surface area contributed by atoms with Gasteiger partial charge in [-0.1, -0.05) is 6.58 Å². The molecule has 1 fully saturated rings. The summed E-state index contributed by atoms with van der Waals surface area (Å²) in [7, 11) is 0. The molecule has 3 nitrogen and oxygen atoms in total. The van der Waals surface area contributed by atoms with Crippen molar-refractivity contribution >= 4 is 12.1 Å². The molecular weight excluding hydrogens is 212 g/mol. The van der Waals surface area contributed by atoms with Gasteiger partial charge in [-0.05, 0) is 45.6 Å². The Hall–Kier alpha value is -1.51. The molecule has 0 unspecified atom stereocenters. The number of amides is 1. The van der Waals surface area contributed by atoms with Crippen LogP contribution in [0, 0.1) is 12.8 Å². The smallest absolute Gasteiger partial charge is 0.253 e. The molecule has 1 aliphatic rings. The van der Waals surface area contributed by atoms with Crippen LogP contribution in [-0.4, -0.2) is 16.0 Å². The number of rotatable bonds is 4. The van der Waals surface area contributed by atoms with E-state index in [1.807, 2.05) is 23.8 Å². The molecule has 1 heterocycles. The highest BCUT2D eigenvalue weighted by Gasteiger charge is 2.39. The van der Waals surface area contributed by atoms with Crippen LogP contribution in [0.15, 0.2) is 18.8 Å². The van der Waals surface area contributed by atoms with Crippen LogP contribution >= 0.6 is 0 Å². The number of nitrogens with one attached hydrogen (secondary N) is 1. The summed E-state index contributed by atoms with van der Waals surface area (Å²) in [5, 5.41) is 3.13. The molecular formula is C14H20N2O. The van der Waals surface area contributed by atoms with E-state index in [1.165, 1.54) is 12.8 Å². The molecule has 0 bridgehead atoms. The number of hydrogen-bond acceptors (Lipinski definition) is 1. The van der Waals surface area contributed by atoms with E-state index in [-0.39, 0.29) is 11.4 Å². The van der Waals surface area contributed by atoms with Gasteiger partial charge in [0.15, 0.2) is 0 Å². The van der Waals surface area contributed by atoms with Crippen LogP contribution < -0.4 is 5.32 Å². The van der Waals surface area contributed by atoms with Crippen LogP contribution in [0.3, 0.4) is 0 Å². The molecule has 92 valence electrons. The largest absolute Gasteiger partial charge is 0.347 e. The van der Waals surface area contributed by atoms with Gasteiger partial charge in [0.1, 0.15) is 0 Å². The lowest BCUT2D eigenvalue weighted by atomic mass is 9.98. The molecule has 17 heavy (non-hydrogen) atoms. The Labute approximate surface area is 103 Å². The third kappa shape index (κ3) is 2.28. The molecule has 3 heteroatoms. The minimum Gasteiger partial charge on any atom is -0.347 e. The van der Waals surface area contributed by atoms with E-state index >= 15 is 0 Å². The molecule has 0 radical (unpaired) electrons. The summed E-state index contributed by atoms with van der Waals surface area (Å²) in [5.41, 5.74) is 1.57. The van der Waals surface area contributed by atoms with Gasteiger partial charge in [0.25, 0.3) is 5.91 Å². The van der Waals surface area contributed by atoms with Crippen LogP contribution in [0.1, 0.15) is 42.7 Å². The zero-order valence-electron chi connectivity index (χ0n) is 10.8. The first kappa shape index (κ1) is 12.0. The molecule has 1 N–H and O–H groups in total. The summed E-state index contributed by atoms with van der Waals surface area (Å²) >= 11 is 0. The van der Waals surface area contributed by atoms with E-state index in [4.69, 9.17) is 0 Å². The van der Waals surface area contributed by atoms with E-state index in [1.54, 1.807) is 6.20 Å². The highest BCUT2D eigenvalue weighted by atomic mass is 16.1. The fourth-order valence-corrected chi connectivity index (χ4v) is 2.23. The summed E-state index contributed by atoms with van der Waals surface area (Å²) in [6.07, 6.45) is 6.01. The Morgan fingerprint density at radius 1 is 1.59 bits per heavy atom. The van der Waals surface area contributed by atoms with Gasteiger partial charge in [0.2, 0.25) is 0 Å². The van der Waals surface area contributed by atoms with Crippen LogP contribution in [0.5, 0.6) is 0 Å². The number of carbonyl (C=O) groups is 1. The Morgan fingerprint density at radius 2 is 2.24 bits per heavy atom. The second-order valence-electron chi connectivity index (χ2n) is 5.35. The van der Waals surface area contributed by atoms with Crippen molar-refractivity contribution in [2.75, 3.05) is 0 Å². The average Bonchev–Trinajstić information content (AvgIpc) is 3.02. The Kier molecular flexibility index (Phi) is 2.86. The van der Waals surface area contributed by atoms with Gasteiger partial charge in [0, 0.05) is 23.6 Å². The van der Waals surface area contributed by atoms with E-state index in [2.05, 4.69) is 25.7 Å². The molecule has 0 aliphatic heterocycles. The van der Waals surface area contributed by atoms with Crippen molar-refractivity contribution < 1.29 is 4.79 Å². The number of aromatic nitrogens is 1. The lowest BCUT2D eigenvalue weighted by molar-refractivity contribution is 0.0903. The second kappa shape index (κ2) is 4.06. The molecule has 1 aromatic rings. The Balaban J connectivity index is 2.14. The van der Waals surface area contributed by atoms with Crippen molar-refractivity contribution in [2.45, 2.75) is 39.2 Å². The van der Waals surface area contributed by atoms with Gasteiger partial charge in [0.05, 0.1) is 5.56 Å². The monoisotopic (exact) mass is 232 g/mol. The van der Waals surface area contributed by atoms with Crippen molar-refractivity contribution in [3.63, 3.8) is 0 Å². The first-order valence-electron chi connectivity index (χ1n) is 6.08. The van der Waals surface area contributed by atoms with Crippen molar-refractivity contribution in [3.05, 3.63) is 30.1 Å². The van der Waals surface area contributed by atoms with Crippen LogP contribution in [0.25, 0.3) is 6.20 Å². The third-order valence-electron chi connectivity index (χ3n) is 3.65. The molecule has 0 saturated heterocycles. The predicted octanol–water partition coefficient (Wildman–Crippen LogP) is 2.82. The molecule has 0 spiro atoms. The first-order chi connectivity index (χ1) is 7.95. The van der Waals surface area contributed by atoms with Crippen LogP contribution in [-0.2, 0) is 0 Å². The van der Waals surface area contributed by atoms with E-state index in [0.717, 1.165) is 11.3 Å². The molecule has 1 saturated carbocycles. The molecule has 2 rings (SSSR count). The number of carbonyl (C=O) groups excluding carboxylic acids is 1. The zero-order valence-corrected chi connectivity index (χ0v) is 10.8. The summed E-state index contributed by atoms with van der Waals surface area (Å²) < 4.78 is 1.86. The fraction of sp³-hybridized carbons (Fsp3) is 0.500. The first-order valence-corrected chi connectivity index (χ1v) is 6.08. The maximum absolute atomic E-state index is 12.2. The summed E-state index contributed by atoms with van der Waals surface area (Å²) in [6, 6.07) is 1.84. The van der Waals surface area contributed by atoms with E-state index in [0.29, 0.717) is 5.92 Å². The highest BCUT2D eigenvalue weighted by molar-refractivity contribution is 5.96. The Morgan fingerprint density at radius 3 is 2.71 bits per heavy atom. The highest BCUT2D eigenvalue weighted by Crippen LogP contribution is 2.39. The minimum atomic E-state index is -0.0974. The predicted molar refractivity (Wildman–Crippen MR) is 69.8 cm³/mol. The number of hydrogen-bond donors (Lipinski definition) is 1. The fourth-order valence-electron chi connectivity index (χ4n) is 2.23. The SMILES string of the molecule is C=Cn1ccc(C(=O)NC(C)(C)C2CC2)c1C. The lowest BCUT2D eigenvalue weighted by Crippen LogP contribution is -2.45. The molecule has 1 aromatic heterocycles. The van der Waals surface area contributed by atoms with Crippen molar-refractivity contribution in [1.82, 2.24) is 9.88 Å². The average molecular weight is 232 g/mol. The summed E-state index contributed by atoms with van der Waals surface area (Å²) in [6.45, 7) is 9.84. The van der Waals surface area contributed by atoms with Gasteiger partial charge in [-0.15, -0.1) is 0 Å². The summed E-state index contributed by atoms with van der Waals surface area (Å²) in [4.78, 5) is 12.2. The quantitative estimate of drug-likeness (QED) is 0.851. The van der Waals surface area contributed by atoms with Gasteiger partial charge in [-0.2, -0.15) is 0 Å². The molecule has 1 amide bonds. The summed E-state index contributed by atoms with van der Waals surface area (Å²) in [5.74, 6) is 0.647. The van der Waals surface area contributed by atoms with Crippen molar-refractivity contribution in [2.24, 2.45) is 5.92 Å². The molecule has 0 aromatic carbocycles. The van der Waals surface area contributed by atoms with Gasteiger partial charge >= 0.3 is 0 Å². The van der Waals surface area contributed by atoms with Gasteiger partial charge in [-0.3, -0.25) is 4.79 Å². The second-order valence-corrected chi connectivity index (χ2v) is 5.35. The third-order valence-corrected chi connectivity index (χ3v) is 3.65.